The van der Waals surface area contributed by atoms with E-state index in [4.69, 9.17) is 9.72 Å². The van der Waals surface area contributed by atoms with E-state index in [0.717, 1.165) is 44.7 Å². The van der Waals surface area contributed by atoms with Crippen LogP contribution >= 0.6 is 0 Å². The van der Waals surface area contributed by atoms with Crippen LogP contribution in [0.25, 0.3) is 33.4 Å². The normalized spacial score (nSPS) is 12.3. The third-order valence-corrected chi connectivity index (χ3v) is 8.17. The van der Waals surface area contributed by atoms with Gasteiger partial charge in [-0.15, -0.1) is 17.5 Å². The number of hydrogen-bond donors (Lipinski definition) is 0. The molecule has 0 radical (unpaired) electrons. The van der Waals surface area contributed by atoms with Gasteiger partial charge in [-0.1, -0.05) is 70.6 Å². The van der Waals surface area contributed by atoms with E-state index >= 15 is 0 Å². The Morgan fingerprint density at radius 1 is 0.837 bits per heavy atom. The number of rotatable bonds is 4. The van der Waals surface area contributed by atoms with E-state index in [-0.39, 0.29) is 27.9 Å². The molecule has 0 N–H and O–H groups in total. The molecule has 0 fully saturated rings. The maximum absolute atomic E-state index is 6.38. The van der Waals surface area contributed by atoms with Gasteiger partial charge in [0.25, 0.3) is 0 Å². The fourth-order valence-electron chi connectivity index (χ4n) is 6.27. The van der Waals surface area contributed by atoms with Gasteiger partial charge in [0.1, 0.15) is 5.82 Å². The van der Waals surface area contributed by atoms with Gasteiger partial charge in [-0.25, -0.2) is 9.97 Å². The first kappa shape index (κ1) is 27.2. The fourth-order valence-corrected chi connectivity index (χ4v) is 6.27. The number of pyridine rings is 2. The van der Waals surface area contributed by atoms with Crippen molar-refractivity contribution in [1.82, 2.24) is 24.1 Å². The van der Waals surface area contributed by atoms with Gasteiger partial charge in [0, 0.05) is 23.8 Å². The van der Waals surface area contributed by atoms with E-state index in [0.29, 0.717) is 11.6 Å². The number of aromatic nitrogens is 5. The standard InChI is InChI=1S/C34H25BN6O.Pt/c1-22-9-8-10-23(2)33(22)35-27-16-17-31(38-34(27)40-21-36-20-32(40)39(35)3)42-24-14-15-26-25-11-4-5-12-28(25)41(29(26)19-24)30-13-6-7-18-37-30;/h4-18,20H,1-3H3;/q-2;+2. The maximum atomic E-state index is 6.38. The van der Waals surface area contributed by atoms with E-state index in [1.807, 2.05) is 47.2 Å². The van der Waals surface area contributed by atoms with Crippen molar-refractivity contribution in [2.75, 3.05) is 11.9 Å². The first-order chi connectivity index (χ1) is 20.6. The molecule has 3 aromatic carbocycles. The summed E-state index contributed by atoms with van der Waals surface area (Å²) in [5, 5.41) is 2.22. The number of hydrogen-bond acceptors (Lipinski definition) is 5. The van der Waals surface area contributed by atoms with Crippen LogP contribution in [0.3, 0.4) is 0 Å². The minimum Gasteiger partial charge on any atom is -0.466 e. The van der Waals surface area contributed by atoms with Gasteiger partial charge in [0.15, 0.2) is 0 Å². The van der Waals surface area contributed by atoms with Gasteiger partial charge >= 0.3 is 27.9 Å². The fraction of sp³-hybridized carbons (Fsp3) is 0.0882. The quantitative estimate of drug-likeness (QED) is 0.181. The SMILES string of the molecule is Cc1cccc(C)c1B1c2ccc(Oc3[c-]c4c(cc3)c3ccccc3n4-c3ccccn3)nc2-n2[c-]ncc2N1C.[Pt+2]. The van der Waals surface area contributed by atoms with Crippen molar-refractivity contribution >= 4 is 45.4 Å². The molecule has 0 unspecified atom stereocenters. The first-order valence-corrected chi connectivity index (χ1v) is 13.9. The summed E-state index contributed by atoms with van der Waals surface area (Å²) in [6.45, 7) is 4.31. The number of fused-ring (bicyclic) bond motifs is 6. The largest absolute Gasteiger partial charge is 2.00 e. The molecule has 5 heterocycles. The maximum Gasteiger partial charge on any atom is 2.00 e. The zero-order chi connectivity index (χ0) is 28.4. The molecule has 4 aromatic heterocycles. The first-order valence-electron chi connectivity index (χ1n) is 13.9. The number of para-hydroxylation sites is 1. The monoisotopic (exact) mass is 739 g/mol. The van der Waals surface area contributed by atoms with E-state index in [1.54, 1.807) is 6.20 Å². The summed E-state index contributed by atoms with van der Waals surface area (Å²) in [5.74, 6) is 3.56. The summed E-state index contributed by atoms with van der Waals surface area (Å²) in [6, 6.07) is 32.2. The summed E-state index contributed by atoms with van der Waals surface area (Å²) in [6.07, 6.45) is 6.72. The Bertz CT molecular complexity index is 2120. The van der Waals surface area contributed by atoms with E-state index in [1.165, 1.54) is 16.6 Å². The molecular weight excluding hydrogens is 714 g/mol. The van der Waals surface area contributed by atoms with Crippen LogP contribution in [0.4, 0.5) is 5.82 Å². The van der Waals surface area contributed by atoms with Crippen LogP contribution in [0.1, 0.15) is 11.1 Å². The second-order valence-corrected chi connectivity index (χ2v) is 10.7. The molecule has 7 nitrogen and oxygen atoms in total. The zero-order valence-corrected chi connectivity index (χ0v) is 26.0. The molecule has 210 valence electrons. The van der Waals surface area contributed by atoms with Crippen molar-refractivity contribution in [2.45, 2.75) is 13.8 Å². The predicted octanol–water partition coefficient (Wildman–Crippen LogP) is 5.32. The molecule has 9 heteroatoms. The van der Waals surface area contributed by atoms with Crippen molar-refractivity contribution in [3.05, 3.63) is 121 Å². The molecule has 43 heavy (non-hydrogen) atoms. The summed E-state index contributed by atoms with van der Waals surface area (Å²) in [4.78, 5) is 16.2. The van der Waals surface area contributed by atoms with Crippen molar-refractivity contribution in [2.24, 2.45) is 0 Å². The van der Waals surface area contributed by atoms with Crippen molar-refractivity contribution in [3.8, 4) is 23.3 Å². The van der Waals surface area contributed by atoms with Gasteiger partial charge in [-0.05, 0) is 68.0 Å². The van der Waals surface area contributed by atoms with Gasteiger partial charge in [0.05, 0.1) is 5.82 Å². The Balaban J connectivity index is 0.00000300. The minimum absolute atomic E-state index is 0. The van der Waals surface area contributed by atoms with Crippen LogP contribution in [0, 0.1) is 26.2 Å². The number of aryl methyl sites for hydroxylation is 2. The second-order valence-electron chi connectivity index (χ2n) is 10.7. The number of imidazole rings is 1. The van der Waals surface area contributed by atoms with E-state index in [2.05, 4.69) is 101 Å². The van der Waals surface area contributed by atoms with Crippen LogP contribution < -0.4 is 20.5 Å². The molecule has 0 saturated heterocycles. The Morgan fingerprint density at radius 3 is 2.47 bits per heavy atom. The third kappa shape index (κ3) is 4.28. The average Bonchev–Trinajstić information content (AvgIpc) is 3.63. The topological polar surface area (TPSA) is 61.0 Å². The predicted molar refractivity (Wildman–Crippen MR) is 167 cm³/mol. The molecule has 8 rings (SSSR count). The second kappa shape index (κ2) is 10.5. The van der Waals surface area contributed by atoms with Crippen LogP contribution in [-0.2, 0) is 21.1 Å². The van der Waals surface area contributed by atoms with Crippen LogP contribution in [0.15, 0.2) is 97.3 Å². The van der Waals surface area contributed by atoms with E-state index in [9.17, 15) is 0 Å². The van der Waals surface area contributed by atoms with Crippen LogP contribution in [0.5, 0.6) is 11.6 Å². The molecular formula is C34H25BN6OPt. The van der Waals surface area contributed by atoms with Crippen molar-refractivity contribution in [1.29, 1.82) is 0 Å². The van der Waals surface area contributed by atoms with Crippen LogP contribution in [0.2, 0.25) is 0 Å². The van der Waals surface area contributed by atoms with Gasteiger partial charge in [-0.3, -0.25) is 0 Å². The van der Waals surface area contributed by atoms with Crippen molar-refractivity contribution < 1.29 is 25.8 Å². The third-order valence-electron chi connectivity index (χ3n) is 8.17. The smallest absolute Gasteiger partial charge is 0.466 e. The molecule has 0 atom stereocenters. The molecule has 0 amide bonds. The summed E-state index contributed by atoms with van der Waals surface area (Å²) >= 11 is 0. The zero-order valence-electron chi connectivity index (χ0n) is 23.7. The number of benzene rings is 3. The Kier molecular flexibility index (Phi) is 6.67. The van der Waals surface area contributed by atoms with Gasteiger partial charge in [0.2, 0.25) is 5.88 Å². The molecule has 0 bridgehead atoms. The summed E-state index contributed by atoms with van der Waals surface area (Å²) < 4.78 is 10.4. The number of ether oxygens (including phenoxy) is 1. The molecule has 0 saturated carbocycles. The minimum atomic E-state index is -0.0164. The molecule has 1 aliphatic heterocycles. The Morgan fingerprint density at radius 2 is 1.65 bits per heavy atom. The Labute approximate surface area is 264 Å². The molecule has 0 aliphatic carbocycles. The van der Waals surface area contributed by atoms with Gasteiger partial charge in [-0.2, -0.15) is 6.07 Å². The van der Waals surface area contributed by atoms with Gasteiger partial charge < -0.3 is 23.7 Å². The molecule has 0 spiro atoms. The van der Waals surface area contributed by atoms with E-state index < -0.39 is 0 Å². The summed E-state index contributed by atoms with van der Waals surface area (Å²) in [7, 11) is 2.09. The number of anilines is 1. The average molecular weight is 740 g/mol. The van der Waals surface area contributed by atoms with Crippen LogP contribution in [-0.4, -0.2) is 38.0 Å². The van der Waals surface area contributed by atoms with Crippen molar-refractivity contribution in [3.63, 3.8) is 0 Å². The number of nitrogens with zero attached hydrogens (tertiary/aromatic N) is 6. The molecule has 7 aromatic rings. The summed E-state index contributed by atoms with van der Waals surface area (Å²) in [5.41, 5.74) is 6.77. The molecule has 1 aliphatic rings. The Hall–Kier alpha value is -4.68.